The minimum Gasteiger partial charge on any atom is -0.369 e. The van der Waals surface area contributed by atoms with E-state index in [1.165, 1.54) is 6.07 Å². The first-order chi connectivity index (χ1) is 11.8. The summed E-state index contributed by atoms with van der Waals surface area (Å²) in [6, 6.07) is 12.4. The van der Waals surface area contributed by atoms with Crippen LogP contribution in [0.25, 0.3) is 0 Å². The van der Waals surface area contributed by atoms with Crippen LogP contribution in [0.3, 0.4) is 0 Å². The number of nitrogens with zero attached hydrogens (tertiary/aromatic N) is 2. The minimum atomic E-state index is -0.480. The Morgan fingerprint density at radius 1 is 1.20 bits per heavy atom. The van der Waals surface area contributed by atoms with Crippen LogP contribution < -0.4 is 10.2 Å². The zero-order valence-electron chi connectivity index (χ0n) is 14.9. The molecule has 2 aromatic carbocycles. The lowest BCUT2D eigenvalue weighted by Crippen LogP contribution is -2.30. The third kappa shape index (κ3) is 4.35. The molecule has 6 nitrogen and oxygen atoms in total. The Hall–Kier alpha value is -2.89. The molecule has 0 radical (unpaired) electrons. The van der Waals surface area contributed by atoms with Crippen molar-refractivity contribution < 1.29 is 9.72 Å². The van der Waals surface area contributed by atoms with Gasteiger partial charge in [-0.2, -0.15) is 0 Å². The van der Waals surface area contributed by atoms with Crippen molar-refractivity contribution in [3.63, 3.8) is 0 Å². The Bertz CT molecular complexity index is 770. The van der Waals surface area contributed by atoms with Crippen LogP contribution in [0.5, 0.6) is 0 Å². The van der Waals surface area contributed by atoms with Gasteiger partial charge >= 0.3 is 0 Å². The third-order valence-corrected chi connectivity index (χ3v) is 4.09. The van der Waals surface area contributed by atoms with E-state index in [1.807, 2.05) is 24.3 Å². The van der Waals surface area contributed by atoms with Crippen LogP contribution in [0.4, 0.5) is 17.1 Å². The molecule has 1 amide bonds. The quantitative estimate of drug-likeness (QED) is 0.624. The van der Waals surface area contributed by atoms with E-state index in [-0.39, 0.29) is 17.2 Å². The lowest BCUT2D eigenvalue weighted by atomic mass is 10.1. The largest absolute Gasteiger partial charge is 0.369 e. The molecule has 0 aliphatic rings. The Morgan fingerprint density at radius 3 is 2.36 bits per heavy atom. The molecule has 2 aromatic rings. The van der Waals surface area contributed by atoms with E-state index in [4.69, 9.17) is 0 Å². The number of aryl methyl sites for hydroxylation is 1. The number of carbonyl (C=O) groups excluding carboxylic acids is 1. The fourth-order valence-electron chi connectivity index (χ4n) is 2.73. The van der Waals surface area contributed by atoms with Gasteiger partial charge in [-0.1, -0.05) is 6.07 Å². The van der Waals surface area contributed by atoms with Crippen molar-refractivity contribution in [3.8, 4) is 0 Å². The highest BCUT2D eigenvalue weighted by atomic mass is 16.6. The maximum Gasteiger partial charge on any atom is 0.273 e. The van der Waals surface area contributed by atoms with Crippen LogP contribution in [0.1, 0.15) is 36.7 Å². The number of rotatable bonds is 6. The first-order valence-corrected chi connectivity index (χ1v) is 8.26. The first kappa shape index (κ1) is 18.4. The molecule has 2 rings (SSSR count). The van der Waals surface area contributed by atoms with E-state index >= 15 is 0 Å². The molecule has 25 heavy (non-hydrogen) atoms. The number of amides is 1. The van der Waals surface area contributed by atoms with E-state index in [1.54, 1.807) is 19.1 Å². The van der Waals surface area contributed by atoms with Crippen LogP contribution in [-0.4, -0.2) is 23.4 Å². The van der Waals surface area contributed by atoms with Crippen LogP contribution >= 0.6 is 0 Å². The van der Waals surface area contributed by atoms with Crippen LogP contribution in [0.2, 0.25) is 0 Å². The fourth-order valence-corrected chi connectivity index (χ4v) is 2.73. The van der Waals surface area contributed by atoms with Gasteiger partial charge < -0.3 is 10.2 Å². The molecule has 0 aliphatic carbocycles. The molecule has 0 spiro atoms. The van der Waals surface area contributed by atoms with Gasteiger partial charge in [-0.3, -0.25) is 14.9 Å². The van der Waals surface area contributed by atoms with Crippen molar-refractivity contribution in [2.45, 2.75) is 33.7 Å². The van der Waals surface area contributed by atoms with Crippen molar-refractivity contribution in [2.24, 2.45) is 0 Å². The molecule has 0 saturated heterocycles. The lowest BCUT2D eigenvalue weighted by molar-refractivity contribution is -0.385. The van der Waals surface area contributed by atoms with Crippen LogP contribution in [0.15, 0.2) is 42.5 Å². The molecule has 0 atom stereocenters. The topological polar surface area (TPSA) is 75.5 Å². The second kappa shape index (κ2) is 7.79. The molecule has 0 saturated carbocycles. The SMILES string of the molecule is CCN(c1ccc(NC(=O)c2ccc(C)c([N+](=O)[O-])c2)cc1)C(C)C. The van der Waals surface area contributed by atoms with Crippen molar-refractivity contribution >= 4 is 23.0 Å². The zero-order valence-corrected chi connectivity index (χ0v) is 14.9. The van der Waals surface area contributed by atoms with E-state index < -0.39 is 4.92 Å². The second-order valence-corrected chi connectivity index (χ2v) is 6.14. The van der Waals surface area contributed by atoms with Crippen molar-refractivity contribution in [1.82, 2.24) is 0 Å². The first-order valence-electron chi connectivity index (χ1n) is 8.26. The summed E-state index contributed by atoms with van der Waals surface area (Å²) in [5.41, 5.74) is 2.47. The van der Waals surface area contributed by atoms with E-state index in [0.29, 0.717) is 17.3 Å². The predicted molar refractivity (Wildman–Crippen MR) is 100 cm³/mol. The summed E-state index contributed by atoms with van der Waals surface area (Å²) in [5.74, 6) is -0.368. The van der Waals surface area contributed by atoms with Gasteiger partial charge in [0.2, 0.25) is 0 Å². The molecular weight excluding hydrogens is 318 g/mol. The predicted octanol–water partition coefficient (Wildman–Crippen LogP) is 4.39. The number of anilines is 2. The van der Waals surface area contributed by atoms with Gasteiger partial charge in [0, 0.05) is 41.2 Å². The number of nitro groups is 1. The number of hydrogen-bond donors (Lipinski definition) is 1. The number of hydrogen-bond acceptors (Lipinski definition) is 4. The Labute approximate surface area is 147 Å². The summed E-state index contributed by atoms with van der Waals surface area (Å²) in [4.78, 5) is 25.1. The van der Waals surface area contributed by atoms with Gasteiger partial charge in [0.1, 0.15) is 0 Å². The van der Waals surface area contributed by atoms with E-state index in [2.05, 4.69) is 31.0 Å². The number of carbonyl (C=O) groups is 1. The molecular formula is C19H23N3O3. The molecule has 0 heterocycles. The molecule has 132 valence electrons. The Balaban J connectivity index is 2.16. The maximum absolute atomic E-state index is 12.3. The summed E-state index contributed by atoms with van der Waals surface area (Å²) in [6.45, 7) is 8.90. The maximum atomic E-state index is 12.3. The van der Waals surface area contributed by atoms with E-state index in [9.17, 15) is 14.9 Å². The van der Waals surface area contributed by atoms with Crippen molar-refractivity contribution in [2.75, 3.05) is 16.8 Å². The zero-order chi connectivity index (χ0) is 18.6. The van der Waals surface area contributed by atoms with Gasteiger partial charge in [0.25, 0.3) is 11.6 Å². The normalized spacial score (nSPS) is 10.6. The number of nitrogens with one attached hydrogen (secondary N) is 1. The molecule has 0 bridgehead atoms. The van der Waals surface area contributed by atoms with Gasteiger partial charge in [0.15, 0.2) is 0 Å². The fraction of sp³-hybridized carbons (Fsp3) is 0.316. The number of nitro benzene ring substituents is 1. The van der Waals surface area contributed by atoms with Crippen LogP contribution in [-0.2, 0) is 0 Å². The smallest absolute Gasteiger partial charge is 0.273 e. The van der Waals surface area contributed by atoms with E-state index in [0.717, 1.165) is 12.2 Å². The highest BCUT2D eigenvalue weighted by molar-refractivity contribution is 6.04. The average Bonchev–Trinajstić information content (AvgIpc) is 2.56. The van der Waals surface area contributed by atoms with Gasteiger partial charge in [-0.25, -0.2) is 0 Å². The lowest BCUT2D eigenvalue weighted by Gasteiger charge is -2.27. The summed E-state index contributed by atoms with van der Waals surface area (Å²) in [5, 5.41) is 13.8. The molecule has 6 heteroatoms. The highest BCUT2D eigenvalue weighted by Gasteiger charge is 2.15. The second-order valence-electron chi connectivity index (χ2n) is 6.14. The summed E-state index contributed by atoms with van der Waals surface area (Å²) in [7, 11) is 0. The Morgan fingerprint density at radius 2 is 1.84 bits per heavy atom. The number of benzene rings is 2. The molecule has 0 fully saturated rings. The van der Waals surface area contributed by atoms with Crippen molar-refractivity contribution in [3.05, 3.63) is 63.7 Å². The van der Waals surface area contributed by atoms with Gasteiger partial charge in [0.05, 0.1) is 4.92 Å². The molecule has 0 unspecified atom stereocenters. The molecule has 0 aliphatic heterocycles. The molecule has 1 N–H and O–H groups in total. The standard InChI is InChI=1S/C19H23N3O3/c1-5-21(13(2)3)17-10-8-16(9-11-17)20-19(23)15-7-6-14(4)18(12-15)22(24)25/h6-13H,5H2,1-4H3,(H,20,23). The summed E-state index contributed by atoms with van der Waals surface area (Å²) in [6.07, 6.45) is 0. The van der Waals surface area contributed by atoms with Crippen LogP contribution in [0, 0.1) is 17.0 Å². The van der Waals surface area contributed by atoms with Gasteiger partial charge in [-0.05, 0) is 58.0 Å². The molecule has 0 aromatic heterocycles. The Kier molecular flexibility index (Phi) is 5.75. The highest BCUT2D eigenvalue weighted by Crippen LogP contribution is 2.22. The third-order valence-electron chi connectivity index (χ3n) is 4.09. The minimum absolute atomic E-state index is 0.0569. The van der Waals surface area contributed by atoms with Crippen molar-refractivity contribution in [1.29, 1.82) is 0 Å². The monoisotopic (exact) mass is 341 g/mol. The average molecular weight is 341 g/mol. The summed E-state index contributed by atoms with van der Waals surface area (Å²) < 4.78 is 0. The van der Waals surface area contributed by atoms with Gasteiger partial charge in [-0.15, -0.1) is 0 Å². The summed E-state index contributed by atoms with van der Waals surface area (Å²) >= 11 is 0.